The van der Waals surface area contributed by atoms with Crippen LogP contribution in [0.1, 0.15) is 46.5 Å². The van der Waals surface area contributed by atoms with Crippen LogP contribution >= 0.6 is 11.8 Å². The Morgan fingerprint density at radius 3 is 2.53 bits per heavy atom. The number of nitrogens with one attached hydrogen (secondary N) is 1. The van der Waals surface area contributed by atoms with E-state index in [0.29, 0.717) is 16.4 Å². The molecule has 1 aliphatic carbocycles. The summed E-state index contributed by atoms with van der Waals surface area (Å²) in [6, 6.07) is 0.615. The Morgan fingerprint density at radius 1 is 1.33 bits per heavy atom. The van der Waals surface area contributed by atoms with E-state index in [0.717, 1.165) is 6.42 Å². The van der Waals surface area contributed by atoms with Crippen molar-refractivity contribution in [2.75, 3.05) is 7.05 Å². The number of carbonyl (C=O) groups excluding carboxylic acids is 1. The normalized spacial score (nSPS) is 27.7. The third kappa shape index (κ3) is 4.15. The lowest BCUT2D eigenvalue weighted by Gasteiger charge is -2.29. The van der Waals surface area contributed by atoms with Gasteiger partial charge in [-0.25, -0.2) is 0 Å². The second-order valence-electron chi connectivity index (χ2n) is 5.43. The minimum Gasteiger partial charge on any atom is -0.317 e. The third-order valence-corrected chi connectivity index (χ3v) is 4.51. The predicted octanol–water partition coefficient (Wildman–Crippen LogP) is 2.82. The minimum atomic E-state index is -0.197. The summed E-state index contributed by atoms with van der Waals surface area (Å²) in [6.45, 7) is 6.00. The maximum absolute atomic E-state index is 11.9. The van der Waals surface area contributed by atoms with Gasteiger partial charge in [0.15, 0.2) is 5.12 Å². The van der Waals surface area contributed by atoms with Crippen LogP contribution in [-0.2, 0) is 4.79 Å². The van der Waals surface area contributed by atoms with Crippen molar-refractivity contribution < 1.29 is 4.79 Å². The zero-order valence-electron chi connectivity index (χ0n) is 10.3. The number of hydrogen-bond acceptors (Lipinski definition) is 3. The van der Waals surface area contributed by atoms with E-state index in [2.05, 4.69) is 5.32 Å². The quantitative estimate of drug-likeness (QED) is 0.789. The van der Waals surface area contributed by atoms with Crippen LogP contribution in [0.5, 0.6) is 0 Å². The Hall–Kier alpha value is -0.0200. The molecule has 2 unspecified atom stereocenters. The summed E-state index contributed by atoms with van der Waals surface area (Å²) >= 11 is 1.57. The van der Waals surface area contributed by atoms with Gasteiger partial charge in [0.25, 0.3) is 0 Å². The van der Waals surface area contributed by atoms with Gasteiger partial charge in [0, 0.05) is 16.7 Å². The van der Waals surface area contributed by atoms with E-state index in [1.807, 2.05) is 27.8 Å². The Kier molecular flexibility index (Phi) is 4.65. The highest BCUT2D eigenvalue weighted by atomic mass is 32.2. The van der Waals surface area contributed by atoms with Crippen LogP contribution in [0.15, 0.2) is 0 Å². The van der Waals surface area contributed by atoms with Gasteiger partial charge in [-0.2, -0.15) is 0 Å². The molecule has 1 N–H and O–H groups in total. The standard InChI is InChI=1S/C12H23NOS/c1-12(2,3)11(14)15-10-7-5-6-9(8-10)13-4/h9-10,13H,5-8H2,1-4H3. The van der Waals surface area contributed by atoms with E-state index in [4.69, 9.17) is 0 Å². The molecular weight excluding hydrogens is 206 g/mol. The first-order valence-corrected chi connectivity index (χ1v) is 6.70. The van der Waals surface area contributed by atoms with E-state index in [1.165, 1.54) is 19.3 Å². The average Bonchev–Trinajstić information content (AvgIpc) is 2.16. The predicted molar refractivity (Wildman–Crippen MR) is 67.2 cm³/mol. The van der Waals surface area contributed by atoms with Crippen LogP contribution in [0.4, 0.5) is 0 Å². The maximum atomic E-state index is 11.9. The zero-order chi connectivity index (χ0) is 11.5. The molecule has 88 valence electrons. The summed E-state index contributed by atoms with van der Waals surface area (Å²) in [4.78, 5) is 11.9. The van der Waals surface area contributed by atoms with Gasteiger partial charge in [0.2, 0.25) is 0 Å². The fourth-order valence-corrected chi connectivity index (χ4v) is 3.11. The Labute approximate surface area is 97.6 Å². The van der Waals surface area contributed by atoms with E-state index in [-0.39, 0.29) is 5.41 Å². The fourth-order valence-electron chi connectivity index (χ4n) is 1.84. The van der Waals surface area contributed by atoms with Crippen molar-refractivity contribution in [3.05, 3.63) is 0 Å². The summed E-state index contributed by atoms with van der Waals surface area (Å²) in [7, 11) is 2.02. The first-order valence-electron chi connectivity index (χ1n) is 5.82. The van der Waals surface area contributed by atoms with Crippen molar-refractivity contribution in [1.29, 1.82) is 0 Å². The molecule has 1 fully saturated rings. The molecule has 1 saturated carbocycles. The van der Waals surface area contributed by atoms with Crippen LogP contribution in [0.25, 0.3) is 0 Å². The van der Waals surface area contributed by atoms with E-state index in [9.17, 15) is 4.79 Å². The molecule has 2 atom stereocenters. The van der Waals surface area contributed by atoms with Crippen molar-refractivity contribution in [1.82, 2.24) is 5.32 Å². The first-order chi connectivity index (χ1) is 6.93. The van der Waals surface area contributed by atoms with Crippen LogP contribution in [-0.4, -0.2) is 23.5 Å². The lowest BCUT2D eigenvalue weighted by molar-refractivity contribution is -0.117. The van der Waals surface area contributed by atoms with Gasteiger partial charge >= 0.3 is 0 Å². The second kappa shape index (κ2) is 5.35. The molecule has 0 radical (unpaired) electrons. The summed E-state index contributed by atoms with van der Waals surface area (Å²) in [5.41, 5.74) is -0.197. The Morgan fingerprint density at radius 2 is 2.00 bits per heavy atom. The molecule has 2 nitrogen and oxygen atoms in total. The monoisotopic (exact) mass is 229 g/mol. The molecule has 0 aromatic carbocycles. The van der Waals surface area contributed by atoms with Gasteiger partial charge in [-0.1, -0.05) is 39.0 Å². The molecule has 0 spiro atoms. The number of rotatable bonds is 2. The summed E-state index contributed by atoms with van der Waals surface area (Å²) in [6.07, 6.45) is 4.85. The molecule has 0 aromatic heterocycles. The van der Waals surface area contributed by atoms with Crippen molar-refractivity contribution in [2.24, 2.45) is 5.41 Å². The van der Waals surface area contributed by atoms with Crippen molar-refractivity contribution in [2.45, 2.75) is 57.7 Å². The van der Waals surface area contributed by atoms with Crippen LogP contribution in [0.2, 0.25) is 0 Å². The lowest BCUT2D eigenvalue weighted by Crippen LogP contribution is -2.33. The number of hydrogen-bond donors (Lipinski definition) is 1. The highest BCUT2D eigenvalue weighted by Crippen LogP contribution is 2.33. The molecule has 0 aromatic rings. The van der Waals surface area contributed by atoms with Gasteiger partial charge in [0.1, 0.15) is 0 Å². The SMILES string of the molecule is CNC1CCCC(SC(=O)C(C)(C)C)C1. The van der Waals surface area contributed by atoms with Crippen molar-refractivity contribution >= 4 is 16.9 Å². The fraction of sp³-hybridized carbons (Fsp3) is 0.917. The van der Waals surface area contributed by atoms with Crippen LogP contribution < -0.4 is 5.32 Å². The number of carbonyl (C=O) groups is 1. The van der Waals surface area contributed by atoms with Crippen LogP contribution in [0.3, 0.4) is 0 Å². The van der Waals surface area contributed by atoms with E-state index in [1.54, 1.807) is 11.8 Å². The smallest absolute Gasteiger partial charge is 0.194 e. The molecule has 15 heavy (non-hydrogen) atoms. The van der Waals surface area contributed by atoms with Gasteiger partial charge in [-0.15, -0.1) is 0 Å². The Balaban J connectivity index is 2.41. The highest BCUT2D eigenvalue weighted by Gasteiger charge is 2.28. The molecule has 0 amide bonds. The van der Waals surface area contributed by atoms with Gasteiger partial charge in [-0.05, 0) is 26.3 Å². The Bertz CT molecular complexity index is 222. The van der Waals surface area contributed by atoms with Crippen molar-refractivity contribution in [3.8, 4) is 0 Å². The zero-order valence-corrected chi connectivity index (χ0v) is 11.1. The molecular formula is C12H23NOS. The largest absolute Gasteiger partial charge is 0.317 e. The summed E-state index contributed by atoms with van der Waals surface area (Å²) in [5.74, 6) is 0. The second-order valence-corrected chi connectivity index (χ2v) is 6.70. The number of thioether (sulfide) groups is 1. The molecule has 0 heterocycles. The molecule has 3 heteroatoms. The maximum Gasteiger partial charge on any atom is 0.194 e. The van der Waals surface area contributed by atoms with Crippen molar-refractivity contribution in [3.63, 3.8) is 0 Å². The molecule has 1 aliphatic rings. The topological polar surface area (TPSA) is 29.1 Å². The first kappa shape index (κ1) is 13.0. The van der Waals surface area contributed by atoms with Gasteiger partial charge in [-0.3, -0.25) is 4.79 Å². The summed E-state index contributed by atoms with van der Waals surface area (Å²) in [5, 5.41) is 4.19. The molecule has 1 rings (SSSR count). The molecule has 0 aliphatic heterocycles. The average molecular weight is 229 g/mol. The van der Waals surface area contributed by atoms with E-state index >= 15 is 0 Å². The van der Waals surface area contributed by atoms with Gasteiger partial charge < -0.3 is 5.32 Å². The third-order valence-electron chi connectivity index (χ3n) is 2.92. The lowest BCUT2D eigenvalue weighted by atomic mass is 9.95. The molecule has 0 bridgehead atoms. The summed E-state index contributed by atoms with van der Waals surface area (Å²) < 4.78 is 0. The van der Waals surface area contributed by atoms with Crippen LogP contribution in [0, 0.1) is 5.41 Å². The van der Waals surface area contributed by atoms with E-state index < -0.39 is 0 Å². The highest BCUT2D eigenvalue weighted by molar-refractivity contribution is 8.14. The minimum absolute atomic E-state index is 0.197. The molecule has 0 saturated heterocycles. The van der Waals surface area contributed by atoms with Gasteiger partial charge in [0.05, 0.1) is 0 Å².